The van der Waals surface area contributed by atoms with Crippen molar-refractivity contribution in [3.63, 3.8) is 0 Å². The maximum atomic E-state index is 11.8. The average Bonchev–Trinajstić information content (AvgIpc) is 2.37. The Hall–Kier alpha value is -1.45. The van der Waals surface area contributed by atoms with Gasteiger partial charge < -0.3 is 5.11 Å². The summed E-state index contributed by atoms with van der Waals surface area (Å²) in [6, 6.07) is 4.65. The Morgan fingerprint density at radius 2 is 1.60 bits per heavy atom. The van der Waals surface area contributed by atoms with Crippen molar-refractivity contribution in [2.45, 2.75) is 23.1 Å². The van der Waals surface area contributed by atoms with Crippen molar-refractivity contribution in [2.24, 2.45) is 0 Å². The zero-order chi connectivity index (χ0) is 15.4. The molecule has 0 saturated carbocycles. The van der Waals surface area contributed by atoms with Crippen LogP contribution in [0.25, 0.3) is 0 Å². The number of hydrogen-bond acceptors (Lipinski definition) is 5. The second-order valence-electron chi connectivity index (χ2n) is 4.01. The molecule has 1 aromatic rings. The fourth-order valence-electron chi connectivity index (χ4n) is 1.45. The van der Waals surface area contributed by atoms with Gasteiger partial charge in [-0.2, -0.15) is 4.72 Å². The zero-order valence-electron chi connectivity index (χ0n) is 10.7. The van der Waals surface area contributed by atoms with E-state index in [1.54, 1.807) is 6.92 Å². The van der Waals surface area contributed by atoms with E-state index in [-0.39, 0.29) is 15.5 Å². The van der Waals surface area contributed by atoms with Crippen molar-refractivity contribution in [1.82, 2.24) is 4.72 Å². The predicted molar refractivity (Wildman–Crippen MR) is 71.6 cm³/mol. The van der Waals surface area contributed by atoms with Crippen LogP contribution in [0.1, 0.15) is 13.3 Å². The number of nitrogens with one attached hydrogen (secondary N) is 1. The summed E-state index contributed by atoms with van der Waals surface area (Å²) in [5, 5.41) is 8.43. The van der Waals surface area contributed by atoms with E-state index in [1.165, 1.54) is 12.1 Å². The molecule has 9 heteroatoms. The van der Waals surface area contributed by atoms with Gasteiger partial charge in [-0.15, -0.1) is 0 Å². The first-order valence-electron chi connectivity index (χ1n) is 5.73. The summed E-state index contributed by atoms with van der Waals surface area (Å²) in [4.78, 5) is 10.2. The van der Waals surface area contributed by atoms with Gasteiger partial charge in [0.15, 0.2) is 9.84 Å². The van der Waals surface area contributed by atoms with Gasteiger partial charge in [-0.25, -0.2) is 16.8 Å². The van der Waals surface area contributed by atoms with Crippen LogP contribution < -0.4 is 4.72 Å². The molecular weight excluding hydrogens is 306 g/mol. The number of carboxylic acids is 1. The zero-order valence-corrected chi connectivity index (χ0v) is 12.4. The summed E-state index contributed by atoms with van der Waals surface area (Å²) in [6.45, 7) is 0.990. The molecule has 20 heavy (non-hydrogen) atoms. The van der Waals surface area contributed by atoms with Crippen LogP contribution in [-0.4, -0.2) is 40.2 Å². The molecule has 0 aliphatic rings. The van der Waals surface area contributed by atoms with Gasteiger partial charge in [-0.3, -0.25) is 4.79 Å². The molecular formula is C11H15NO6S2. The van der Waals surface area contributed by atoms with Gasteiger partial charge in [0.1, 0.15) is 6.54 Å². The number of sulfone groups is 1. The number of benzene rings is 1. The summed E-state index contributed by atoms with van der Waals surface area (Å²) in [5.74, 6) is -1.33. The van der Waals surface area contributed by atoms with E-state index in [2.05, 4.69) is 0 Å². The van der Waals surface area contributed by atoms with Crippen LogP contribution in [0.4, 0.5) is 0 Å². The van der Waals surface area contributed by atoms with E-state index in [9.17, 15) is 21.6 Å². The third-order valence-corrected chi connectivity index (χ3v) is 5.73. The van der Waals surface area contributed by atoms with Crippen molar-refractivity contribution in [3.05, 3.63) is 24.3 Å². The van der Waals surface area contributed by atoms with Crippen molar-refractivity contribution >= 4 is 25.8 Å². The van der Waals surface area contributed by atoms with Gasteiger partial charge in [0.2, 0.25) is 10.0 Å². The lowest BCUT2D eigenvalue weighted by atomic mass is 10.4. The molecule has 0 aromatic heterocycles. The first-order valence-corrected chi connectivity index (χ1v) is 8.87. The summed E-state index contributed by atoms with van der Waals surface area (Å²) in [5.41, 5.74) is 0. The Balaban J connectivity index is 3.00. The van der Waals surface area contributed by atoms with Crippen LogP contribution in [0, 0.1) is 0 Å². The van der Waals surface area contributed by atoms with E-state index in [4.69, 9.17) is 5.11 Å². The van der Waals surface area contributed by atoms with E-state index in [1.807, 2.05) is 4.72 Å². The van der Waals surface area contributed by atoms with E-state index >= 15 is 0 Å². The first kappa shape index (κ1) is 16.6. The van der Waals surface area contributed by atoms with Crippen LogP contribution >= 0.6 is 0 Å². The van der Waals surface area contributed by atoms with Crippen molar-refractivity contribution in [3.8, 4) is 0 Å². The van der Waals surface area contributed by atoms with Crippen LogP contribution in [0.5, 0.6) is 0 Å². The van der Waals surface area contributed by atoms with Gasteiger partial charge in [0.05, 0.1) is 15.5 Å². The smallest absolute Gasteiger partial charge is 0.318 e. The van der Waals surface area contributed by atoms with Crippen LogP contribution in [0.2, 0.25) is 0 Å². The highest BCUT2D eigenvalue weighted by Gasteiger charge is 2.18. The van der Waals surface area contributed by atoms with E-state index < -0.39 is 32.4 Å². The predicted octanol–water partition coefficient (Wildman–Crippen LogP) is 0.233. The molecule has 0 aliphatic carbocycles. The second-order valence-corrected chi connectivity index (χ2v) is 7.88. The average molecular weight is 321 g/mol. The van der Waals surface area contributed by atoms with Crippen LogP contribution in [0.15, 0.2) is 34.1 Å². The SMILES string of the molecule is CCCS(=O)(=O)c1ccc(S(=O)(=O)NCC(=O)O)cc1. The molecule has 0 atom stereocenters. The lowest BCUT2D eigenvalue weighted by Gasteiger charge is -2.06. The third kappa shape index (κ3) is 4.29. The molecule has 0 saturated heterocycles. The van der Waals surface area contributed by atoms with Crippen molar-refractivity contribution in [2.75, 3.05) is 12.3 Å². The van der Waals surface area contributed by atoms with Crippen molar-refractivity contribution < 1.29 is 26.7 Å². The fraction of sp³-hybridized carbons (Fsp3) is 0.364. The molecule has 7 nitrogen and oxygen atoms in total. The maximum absolute atomic E-state index is 11.8. The molecule has 0 fully saturated rings. The lowest BCUT2D eigenvalue weighted by molar-refractivity contribution is -0.135. The lowest BCUT2D eigenvalue weighted by Crippen LogP contribution is -2.29. The highest BCUT2D eigenvalue weighted by atomic mass is 32.2. The molecule has 0 aliphatic heterocycles. The van der Waals surface area contributed by atoms with Gasteiger partial charge in [-0.1, -0.05) is 6.92 Å². The number of rotatable bonds is 7. The Labute approximate surface area is 117 Å². The molecule has 1 aromatic carbocycles. The monoisotopic (exact) mass is 321 g/mol. The van der Waals surface area contributed by atoms with Gasteiger partial charge >= 0.3 is 5.97 Å². The number of carbonyl (C=O) groups is 1. The Bertz CT molecular complexity index is 676. The van der Waals surface area contributed by atoms with Gasteiger partial charge in [-0.05, 0) is 30.7 Å². The molecule has 1 rings (SSSR count). The van der Waals surface area contributed by atoms with Gasteiger partial charge in [0, 0.05) is 0 Å². The molecule has 0 radical (unpaired) electrons. The molecule has 0 heterocycles. The summed E-state index contributed by atoms with van der Waals surface area (Å²) < 4.78 is 48.8. The van der Waals surface area contributed by atoms with Crippen LogP contribution in [-0.2, 0) is 24.7 Å². The molecule has 112 valence electrons. The van der Waals surface area contributed by atoms with E-state index in [0.717, 1.165) is 12.1 Å². The highest BCUT2D eigenvalue weighted by molar-refractivity contribution is 7.91. The Morgan fingerprint density at radius 1 is 1.10 bits per heavy atom. The molecule has 0 bridgehead atoms. The number of carboxylic acid groups (broad SMARTS) is 1. The Morgan fingerprint density at radius 3 is 2.05 bits per heavy atom. The minimum atomic E-state index is -3.96. The number of sulfonamides is 1. The molecule has 2 N–H and O–H groups in total. The van der Waals surface area contributed by atoms with E-state index in [0.29, 0.717) is 6.42 Å². The Kier molecular flexibility index (Phi) is 5.26. The number of aliphatic carboxylic acids is 1. The minimum absolute atomic E-state index is 0.0175. The topological polar surface area (TPSA) is 118 Å². The first-order chi connectivity index (χ1) is 9.19. The fourth-order valence-corrected chi connectivity index (χ4v) is 3.75. The molecule has 0 spiro atoms. The van der Waals surface area contributed by atoms with Gasteiger partial charge in [0.25, 0.3) is 0 Å². The third-order valence-electron chi connectivity index (χ3n) is 2.38. The largest absolute Gasteiger partial charge is 0.480 e. The summed E-state index contributed by atoms with van der Waals surface area (Å²) in [6.07, 6.45) is 0.461. The number of hydrogen-bond donors (Lipinski definition) is 2. The standard InChI is InChI=1S/C11H15NO6S2/c1-2-7-19(15,16)9-3-5-10(6-4-9)20(17,18)12-8-11(13)14/h3-6,12H,2,7-8H2,1H3,(H,13,14). The molecule has 0 amide bonds. The second kappa shape index (κ2) is 6.33. The minimum Gasteiger partial charge on any atom is -0.480 e. The van der Waals surface area contributed by atoms with Crippen LogP contribution in [0.3, 0.4) is 0 Å². The maximum Gasteiger partial charge on any atom is 0.318 e. The molecule has 0 unspecified atom stereocenters. The van der Waals surface area contributed by atoms with Crippen molar-refractivity contribution in [1.29, 1.82) is 0 Å². The summed E-state index contributed by atoms with van der Waals surface area (Å²) >= 11 is 0. The highest BCUT2D eigenvalue weighted by Crippen LogP contribution is 2.16. The summed E-state index contributed by atoms with van der Waals surface area (Å²) in [7, 11) is -7.36. The quantitative estimate of drug-likeness (QED) is 0.742. The normalized spacial score (nSPS) is 12.2.